The fourth-order valence-electron chi connectivity index (χ4n) is 1.45. The number of carboxylic acid groups (broad SMARTS) is 1. The second-order valence-corrected chi connectivity index (χ2v) is 3.46. The predicted octanol–water partition coefficient (Wildman–Crippen LogP) is 1.07. The highest BCUT2D eigenvalue weighted by Crippen LogP contribution is 2.20. The van der Waals surface area contributed by atoms with Crippen LogP contribution in [0.1, 0.15) is 22.8 Å². The highest BCUT2D eigenvalue weighted by Gasteiger charge is 2.09. The lowest BCUT2D eigenvalue weighted by Crippen LogP contribution is -2.29. The smallest absolute Gasteiger partial charge is 0.322 e. The van der Waals surface area contributed by atoms with E-state index in [1.54, 1.807) is 25.3 Å². The van der Waals surface area contributed by atoms with E-state index in [-0.39, 0.29) is 6.54 Å². The Morgan fingerprint density at radius 2 is 2.12 bits per heavy atom. The van der Waals surface area contributed by atoms with Crippen LogP contribution < -0.4 is 10.1 Å². The Morgan fingerprint density at radius 3 is 2.65 bits per heavy atom. The summed E-state index contributed by atoms with van der Waals surface area (Å²) in [6.07, 6.45) is 0.739. The third-order valence-corrected chi connectivity index (χ3v) is 2.32. The van der Waals surface area contributed by atoms with E-state index in [4.69, 9.17) is 9.84 Å². The maximum atomic E-state index is 11.6. The monoisotopic (exact) mass is 237 g/mol. The molecule has 0 radical (unpaired) electrons. The van der Waals surface area contributed by atoms with Gasteiger partial charge in [0.25, 0.3) is 5.91 Å². The van der Waals surface area contributed by atoms with Crippen molar-refractivity contribution < 1.29 is 19.4 Å². The number of methoxy groups -OCH3 is 1. The summed E-state index contributed by atoms with van der Waals surface area (Å²) < 4.78 is 5.14. The molecule has 0 aliphatic heterocycles. The van der Waals surface area contributed by atoms with Crippen LogP contribution in [0.5, 0.6) is 5.75 Å². The van der Waals surface area contributed by atoms with Crippen molar-refractivity contribution in [3.63, 3.8) is 0 Å². The fraction of sp³-hybridized carbons (Fsp3) is 0.333. The molecule has 0 aromatic heterocycles. The van der Waals surface area contributed by atoms with Gasteiger partial charge in [-0.2, -0.15) is 0 Å². The van der Waals surface area contributed by atoms with Crippen molar-refractivity contribution in [3.05, 3.63) is 29.3 Å². The number of ether oxygens (including phenoxy) is 1. The Morgan fingerprint density at radius 1 is 1.41 bits per heavy atom. The van der Waals surface area contributed by atoms with Gasteiger partial charge in [-0.1, -0.05) is 6.92 Å². The fourth-order valence-corrected chi connectivity index (χ4v) is 1.45. The van der Waals surface area contributed by atoms with E-state index in [0.717, 1.165) is 17.7 Å². The van der Waals surface area contributed by atoms with Crippen LogP contribution in [-0.4, -0.2) is 30.6 Å². The first kappa shape index (κ1) is 13.0. The van der Waals surface area contributed by atoms with E-state index >= 15 is 0 Å². The van der Waals surface area contributed by atoms with Gasteiger partial charge in [-0.05, 0) is 30.2 Å². The minimum atomic E-state index is -1.07. The molecule has 1 rings (SSSR count). The molecule has 0 unspecified atom stereocenters. The van der Waals surface area contributed by atoms with Crippen LogP contribution in [0.2, 0.25) is 0 Å². The number of amides is 1. The van der Waals surface area contributed by atoms with E-state index in [0.29, 0.717) is 5.56 Å². The summed E-state index contributed by atoms with van der Waals surface area (Å²) in [6, 6.07) is 5.01. The highest BCUT2D eigenvalue weighted by molar-refractivity contribution is 5.96. The van der Waals surface area contributed by atoms with Gasteiger partial charge in [-0.25, -0.2) is 0 Å². The molecule has 0 saturated carbocycles. The average Bonchev–Trinajstić information content (AvgIpc) is 2.34. The van der Waals surface area contributed by atoms with Gasteiger partial charge in [0.05, 0.1) is 7.11 Å². The maximum absolute atomic E-state index is 11.6. The van der Waals surface area contributed by atoms with Crippen molar-refractivity contribution in [3.8, 4) is 5.75 Å². The number of hydrogen-bond acceptors (Lipinski definition) is 3. The SMILES string of the molecule is CCc1cc(C(=O)NCC(=O)O)ccc1OC. The van der Waals surface area contributed by atoms with Crippen LogP contribution in [0.3, 0.4) is 0 Å². The molecule has 2 N–H and O–H groups in total. The number of benzene rings is 1. The van der Waals surface area contributed by atoms with Gasteiger partial charge < -0.3 is 15.2 Å². The third kappa shape index (κ3) is 3.48. The van der Waals surface area contributed by atoms with Crippen molar-refractivity contribution in [2.45, 2.75) is 13.3 Å². The van der Waals surface area contributed by atoms with Gasteiger partial charge in [-0.3, -0.25) is 9.59 Å². The van der Waals surface area contributed by atoms with Gasteiger partial charge in [-0.15, -0.1) is 0 Å². The zero-order valence-corrected chi connectivity index (χ0v) is 9.82. The van der Waals surface area contributed by atoms with Crippen LogP contribution in [0.25, 0.3) is 0 Å². The Labute approximate surface area is 99.4 Å². The number of aryl methyl sites for hydroxylation is 1. The van der Waals surface area contributed by atoms with Gasteiger partial charge in [0, 0.05) is 5.56 Å². The topological polar surface area (TPSA) is 75.6 Å². The second-order valence-electron chi connectivity index (χ2n) is 3.46. The van der Waals surface area contributed by atoms with Gasteiger partial charge in [0.15, 0.2) is 0 Å². The number of carbonyl (C=O) groups is 2. The first-order valence-electron chi connectivity index (χ1n) is 5.25. The highest BCUT2D eigenvalue weighted by atomic mass is 16.5. The standard InChI is InChI=1S/C12H15NO4/c1-3-8-6-9(4-5-10(8)17-2)12(16)13-7-11(14)15/h4-6H,3,7H2,1-2H3,(H,13,16)(H,14,15). The molecule has 92 valence electrons. The lowest BCUT2D eigenvalue weighted by atomic mass is 10.1. The van der Waals surface area contributed by atoms with Crippen LogP contribution in [0, 0.1) is 0 Å². The van der Waals surface area contributed by atoms with Gasteiger partial charge in [0.2, 0.25) is 0 Å². The second kappa shape index (κ2) is 5.89. The van der Waals surface area contributed by atoms with Crippen molar-refractivity contribution in [1.29, 1.82) is 0 Å². The van der Waals surface area contributed by atoms with Crippen molar-refractivity contribution >= 4 is 11.9 Å². The number of hydrogen-bond donors (Lipinski definition) is 2. The van der Waals surface area contributed by atoms with E-state index in [1.807, 2.05) is 6.92 Å². The normalized spacial score (nSPS) is 9.76. The molecule has 17 heavy (non-hydrogen) atoms. The molecule has 0 atom stereocenters. The Hall–Kier alpha value is -2.04. The summed E-state index contributed by atoms with van der Waals surface area (Å²) in [5.74, 6) is -0.741. The van der Waals surface area contributed by atoms with Crippen LogP contribution >= 0.6 is 0 Å². The molecule has 1 aromatic rings. The van der Waals surface area contributed by atoms with E-state index in [2.05, 4.69) is 5.32 Å². The molecule has 0 fully saturated rings. The lowest BCUT2D eigenvalue weighted by Gasteiger charge is -2.09. The third-order valence-electron chi connectivity index (χ3n) is 2.32. The Balaban J connectivity index is 2.84. The van der Waals surface area contributed by atoms with Crippen molar-refractivity contribution in [1.82, 2.24) is 5.32 Å². The zero-order chi connectivity index (χ0) is 12.8. The number of aliphatic carboxylic acids is 1. The van der Waals surface area contributed by atoms with Crippen molar-refractivity contribution in [2.24, 2.45) is 0 Å². The number of rotatable bonds is 5. The maximum Gasteiger partial charge on any atom is 0.322 e. The first-order valence-corrected chi connectivity index (χ1v) is 5.25. The predicted molar refractivity (Wildman–Crippen MR) is 62.3 cm³/mol. The molecule has 0 aliphatic carbocycles. The summed E-state index contributed by atoms with van der Waals surface area (Å²) >= 11 is 0. The van der Waals surface area contributed by atoms with Gasteiger partial charge >= 0.3 is 5.97 Å². The summed E-state index contributed by atoms with van der Waals surface area (Å²) in [5, 5.41) is 10.8. The number of carbonyl (C=O) groups excluding carboxylic acids is 1. The quantitative estimate of drug-likeness (QED) is 0.803. The van der Waals surface area contributed by atoms with Crippen LogP contribution in [0.4, 0.5) is 0 Å². The average molecular weight is 237 g/mol. The molecule has 0 spiro atoms. The molecule has 0 saturated heterocycles. The van der Waals surface area contributed by atoms with E-state index in [9.17, 15) is 9.59 Å². The Bertz CT molecular complexity index is 429. The van der Waals surface area contributed by atoms with Crippen molar-refractivity contribution in [2.75, 3.05) is 13.7 Å². The molecule has 0 heterocycles. The minimum Gasteiger partial charge on any atom is -0.496 e. The molecule has 5 nitrogen and oxygen atoms in total. The van der Waals surface area contributed by atoms with Gasteiger partial charge in [0.1, 0.15) is 12.3 Å². The summed E-state index contributed by atoms with van der Waals surface area (Å²) in [6.45, 7) is 1.57. The zero-order valence-electron chi connectivity index (χ0n) is 9.82. The summed E-state index contributed by atoms with van der Waals surface area (Å²) in [5.41, 5.74) is 1.35. The van der Waals surface area contributed by atoms with E-state index < -0.39 is 11.9 Å². The van der Waals surface area contributed by atoms with Crippen LogP contribution in [-0.2, 0) is 11.2 Å². The Kier molecular flexibility index (Phi) is 4.51. The molecule has 5 heteroatoms. The van der Waals surface area contributed by atoms with Crippen LogP contribution in [0.15, 0.2) is 18.2 Å². The summed E-state index contributed by atoms with van der Waals surface area (Å²) in [4.78, 5) is 21.9. The molecule has 0 bridgehead atoms. The number of nitrogens with one attached hydrogen (secondary N) is 1. The lowest BCUT2D eigenvalue weighted by molar-refractivity contribution is -0.135. The molecule has 1 amide bonds. The minimum absolute atomic E-state index is 0.383. The number of carboxylic acids is 1. The molecule has 1 aromatic carbocycles. The van der Waals surface area contributed by atoms with E-state index in [1.165, 1.54) is 0 Å². The molecule has 0 aliphatic rings. The molecular formula is C12H15NO4. The summed E-state index contributed by atoms with van der Waals surface area (Å²) in [7, 11) is 1.57. The first-order chi connectivity index (χ1) is 8.08. The molecular weight excluding hydrogens is 222 g/mol. The largest absolute Gasteiger partial charge is 0.496 e.